The molecular formula is C12H16Cl2IN3O. The van der Waals surface area contributed by atoms with Gasteiger partial charge in [-0.05, 0) is 19.1 Å². The standard InChI is InChI=1S/C12H15Cl2N3O.HI/c1-3-10(18)17(4-2)12(15)16-11-8(13)6-5-7-9(11)14;/h5-7H,3-4H2,1-2H3,(H2,15,16);1H. The SMILES string of the molecule is CCC(=O)N(CC)C(N)=Nc1c(Cl)cccc1Cl.I. The third-order valence-corrected chi connectivity index (χ3v) is 2.97. The number of amides is 1. The fourth-order valence-electron chi connectivity index (χ4n) is 1.43. The van der Waals surface area contributed by atoms with Gasteiger partial charge in [-0.25, -0.2) is 4.99 Å². The average molecular weight is 416 g/mol. The summed E-state index contributed by atoms with van der Waals surface area (Å²) in [7, 11) is 0. The van der Waals surface area contributed by atoms with Gasteiger partial charge in [0.2, 0.25) is 11.9 Å². The number of guanidine groups is 1. The van der Waals surface area contributed by atoms with Crippen LogP contribution in [-0.4, -0.2) is 23.3 Å². The minimum absolute atomic E-state index is 0. The number of nitrogens with zero attached hydrogens (tertiary/aromatic N) is 2. The second-order valence-electron chi connectivity index (χ2n) is 3.53. The Bertz CT molecular complexity index is 460. The molecule has 106 valence electrons. The fraction of sp³-hybridized carbons (Fsp3) is 0.333. The van der Waals surface area contributed by atoms with Crippen LogP contribution < -0.4 is 5.73 Å². The first-order valence-corrected chi connectivity index (χ1v) is 6.35. The molecule has 0 atom stereocenters. The van der Waals surface area contributed by atoms with E-state index >= 15 is 0 Å². The number of para-hydroxylation sites is 1. The molecule has 0 aliphatic rings. The zero-order valence-electron chi connectivity index (χ0n) is 10.7. The van der Waals surface area contributed by atoms with Crippen molar-refractivity contribution in [1.82, 2.24) is 4.90 Å². The second kappa shape index (κ2) is 8.60. The van der Waals surface area contributed by atoms with E-state index in [1.807, 2.05) is 6.92 Å². The van der Waals surface area contributed by atoms with Gasteiger partial charge < -0.3 is 5.73 Å². The van der Waals surface area contributed by atoms with E-state index in [1.54, 1.807) is 25.1 Å². The first kappa shape index (κ1) is 18.5. The van der Waals surface area contributed by atoms with E-state index in [0.717, 1.165) is 0 Å². The van der Waals surface area contributed by atoms with Gasteiger partial charge in [0.05, 0.1) is 10.0 Å². The van der Waals surface area contributed by atoms with Crippen LogP contribution >= 0.6 is 47.2 Å². The molecule has 0 aliphatic heterocycles. The van der Waals surface area contributed by atoms with Gasteiger partial charge in [-0.3, -0.25) is 9.69 Å². The number of aliphatic imine (C=N–C) groups is 1. The Balaban J connectivity index is 0.00000324. The Labute approximate surface area is 140 Å². The van der Waals surface area contributed by atoms with E-state index in [2.05, 4.69) is 4.99 Å². The van der Waals surface area contributed by atoms with Gasteiger partial charge in [0.15, 0.2) is 0 Å². The summed E-state index contributed by atoms with van der Waals surface area (Å²) in [6, 6.07) is 5.05. The molecule has 19 heavy (non-hydrogen) atoms. The molecule has 0 spiro atoms. The first-order chi connectivity index (χ1) is 8.51. The van der Waals surface area contributed by atoms with E-state index in [1.165, 1.54) is 4.90 Å². The number of carbonyl (C=O) groups excluding carboxylic acids is 1. The molecular weight excluding hydrogens is 400 g/mol. The quantitative estimate of drug-likeness (QED) is 0.463. The van der Waals surface area contributed by atoms with E-state index in [4.69, 9.17) is 28.9 Å². The van der Waals surface area contributed by atoms with Crippen molar-refractivity contribution in [3.8, 4) is 0 Å². The molecule has 0 aromatic heterocycles. The minimum Gasteiger partial charge on any atom is -0.369 e. The highest BCUT2D eigenvalue weighted by Gasteiger charge is 2.14. The highest BCUT2D eigenvalue weighted by atomic mass is 127. The van der Waals surface area contributed by atoms with Gasteiger partial charge >= 0.3 is 0 Å². The average Bonchev–Trinajstić information content (AvgIpc) is 2.34. The molecule has 0 unspecified atom stereocenters. The first-order valence-electron chi connectivity index (χ1n) is 5.59. The van der Waals surface area contributed by atoms with Crippen LogP contribution in [0.5, 0.6) is 0 Å². The Morgan fingerprint density at radius 3 is 2.26 bits per heavy atom. The minimum atomic E-state index is -0.0954. The third kappa shape index (κ3) is 4.81. The van der Waals surface area contributed by atoms with Crippen LogP contribution in [-0.2, 0) is 4.79 Å². The van der Waals surface area contributed by atoms with Crippen LogP contribution in [0.3, 0.4) is 0 Å². The molecule has 0 saturated heterocycles. The van der Waals surface area contributed by atoms with Gasteiger partial charge in [-0.1, -0.05) is 36.2 Å². The Hall–Kier alpha value is -0.530. The van der Waals surface area contributed by atoms with Crippen LogP contribution in [0.15, 0.2) is 23.2 Å². The number of hydrogen-bond acceptors (Lipinski definition) is 2. The molecule has 7 heteroatoms. The topological polar surface area (TPSA) is 58.7 Å². The van der Waals surface area contributed by atoms with Crippen LogP contribution in [0.25, 0.3) is 0 Å². The number of rotatable bonds is 3. The Morgan fingerprint density at radius 1 is 1.32 bits per heavy atom. The molecule has 1 aromatic rings. The van der Waals surface area contributed by atoms with E-state index in [0.29, 0.717) is 28.7 Å². The maximum atomic E-state index is 11.6. The maximum Gasteiger partial charge on any atom is 0.228 e. The van der Waals surface area contributed by atoms with Gasteiger partial charge in [-0.2, -0.15) is 0 Å². The van der Waals surface area contributed by atoms with E-state index in [-0.39, 0.29) is 35.8 Å². The highest BCUT2D eigenvalue weighted by Crippen LogP contribution is 2.32. The number of nitrogens with two attached hydrogens (primary N) is 1. The number of hydrogen-bond donors (Lipinski definition) is 1. The molecule has 1 amide bonds. The van der Waals surface area contributed by atoms with Crippen molar-refractivity contribution in [2.75, 3.05) is 6.54 Å². The molecule has 0 bridgehead atoms. The van der Waals surface area contributed by atoms with Gasteiger partial charge in [0.1, 0.15) is 5.69 Å². The van der Waals surface area contributed by atoms with Crippen LogP contribution in [0, 0.1) is 0 Å². The largest absolute Gasteiger partial charge is 0.369 e. The van der Waals surface area contributed by atoms with Gasteiger partial charge in [-0.15, -0.1) is 24.0 Å². The predicted octanol–water partition coefficient (Wildman–Crippen LogP) is 3.82. The molecule has 1 aromatic carbocycles. The summed E-state index contributed by atoms with van der Waals surface area (Å²) >= 11 is 12.0. The summed E-state index contributed by atoms with van der Waals surface area (Å²) in [5.41, 5.74) is 6.19. The second-order valence-corrected chi connectivity index (χ2v) is 4.35. The van der Waals surface area contributed by atoms with Crippen molar-refractivity contribution >= 4 is 64.7 Å². The number of halogens is 3. The van der Waals surface area contributed by atoms with E-state index in [9.17, 15) is 4.79 Å². The van der Waals surface area contributed by atoms with Crippen LogP contribution in [0.2, 0.25) is 10.0 Å². The lowest BCUT2D eigenvalue weighted by molar-refractivity contribution is -0.126. The van der Waals surface area contributed by atoms with Crippen molar-refractivity contribution in [2.45, 2.75) is 20.3 Å². The lowest BCUT2D eigenvalue weighted by Crippen LogP contribution is -2.41. The summed E-state index contributed by atoms with van der Waals surface area (Å²) in [6.07, 6.45) is 0.361. The summed E-state index contributed by atoms with van der Waals surface area (Å²) in [5.74, 6) is 0.00118. The van der Waals surface area contributed by atoms with Crippen LogP contribution in [0.4, 0.5) is 5.69 Å². The molecule has 4 nitrogen and oxygen atoms in total. The highest BCUT2D eigenvalue weighted by molar-refractivity contribution is 14.0. The normalized spacial score (nSPS) is 10.8. The summed E-state index contributed by atoms with van der Waals surface area (Å²) in [4.78, 5) is 17.2. The van der Waals surface area contributed by atoms with Crippen molar-refractivity contribution in [3.63, 3.8) is 0 Å². The summed E-state index contributed by atoms with van der Waals surface area (Å²) in [6.45, 7) is 4.04. The molecule has 0 radical (unpaired) electrons. The zero-order valence-corrected chi connectivity index (χ0v) is 14.5. The summed E-state index contributed by atoms with van der Waals surface area (Å²) < 4.78 is 0. The van der Waals surface area contributed by atoms with Crippen molar-refractivity contribution in [1.29, 1.82) is 0 Å². The lowest BCUT2D eigenvalue weighted by Gasteiger charge is -2.19. The molecule has 2 N–H and O–H groups in total. The lowest BCUT2D eigenvalue weighted by atomic mass is 10.3. The van der Waals surface area contributed by atoms with Crippen LogP contribution in [0.1, 0.15) is 20.3 Å². The predicted molar refractivity (Wildman–Crippen MR) is 90.8 cm³/mol. The summed E-state index contributed by atoms with van der Waals surface area (Å²) in [5, 5.41) is 0.788. The molecule has 0 heterocycles. The molecule has 0 fully saturated rings. The molecule has 1 rings (SSSR count). The maximum absolute atomic E-state index is 11.6. The Morgan fingerprint density at radius 2 is 1.84 bits per heavy atom. The zero-order chi connectivity index (χ0) is 13.7. The monoisotopic (exact) mass is 415 g/mol. The van der Waals surface area contributed by atoms with Crippen molar-refractivity contribution in [2.24, 2.45) is 10.7 Å². The van der Waals surface area contributed by atoms with E-state index < -0.39 is 0 Å². The smallest absolute Gasteiger partial charge is 0.228 e. The molecule has 0 saturated carbocycles. The number of carbonyl (C=O) groups is 1. The van der Waals surface area contributed by atoms with Gasteiger partial charge in [0.25, 0.3) is 0 Å². The van der Waals surface area contributed by atoms with Gasteiger partial charge in [0, 0.05) is 13.0 Å². The van der Waals surface area contributed by atoms with Crippen molar-refractivity contribution in [3.05, 3.63) is 28.2 Å². The Kier molecular flexibility index (Phi) is 8.36. The third-order valence-electron chi connectivity index (χ3n) is 2.36. The van der Waals surface area contributed by atoms with Crippen molar-refractivity contribution < 1.29 is 4.79 Å². The fourth-order valence-corrected chi connectivity index (χ4v) is 1.91. The number of benzene rings is 1. The molecule has 0 aliphatic carbocycles.